The van der Waals surface area contributed by atoms with Crippen LogP contribution in [0, 0.1) is 10.1 Å². The van der Waals surface area contributed by atoms with Crippen LogP contribution in [0.1, 0.15) is 6.92 Å². The maximum Gasteiger partial charge on any atom is 0.327 e. The fourth-order valence-corrected chi connectivity index (χ4v) is 4.68. The number of nitrogens with zero attached hydrogens (tertiary/aromatic N) is 2. The molecule has 3 rings (SSSR count). The molecule has 3 aromatic rings. The third kappa shape index (κ3) is 3.39. The SMILES string of the molecule is CC(C(=O)O)N(c1ccc2ccccc2c1)S(=O)(=O)c1ccccc1[N+](=O)[O-]. The van der Waals surface area contributed by atoms with E-state index in [1.165, 1.54) is 25.1 Å². The molecule has 0 radical (unpaired) electrons. The van der Waals surface area contributed by atoms with Crippen LogP contribution in [0.3, 0.4) is 0 Å². The summed E-state index contributed by atoms with van der Waals surface area (Å²) in [6, 6.07) is 15.3. The predicted octanol–water partition coefficient (Wildman–Crippen LogP) is 3.42. The molecular formula is C19H16N2O6S. The molecule has 0 aliphatic rings. The topological polar surface area (TPSA) is 118 Å². The van der Waals surface area contributed by atoms with Crippen LogP contribution in [0.5, 0.6) is 0 Å². The Balaban J connectivity index is 2.25. The van der Waals surface area contributed by atoms with Crippen molar-refractivity contribution in [1.29, 1.82) is 0 Å². The lowest BCUT2D eigenvalue weighted by Gasteiger charge is -2.28. The maximum absolute atomic E-state index is 13.3. The summed E-state index contributed by atoms with van der Waals surface area (Å²) in [6.45, 7) is 1.21. The molecule has 0 aliphatic heterocycles. The van der Waals surface area contributed by atoms with Gasteiger partial charge in [0.2, 0.25) is 0 Å². The first kappa shape index (κ1) is 19.3. The fraction of sp³-hybridized carbons (Fsp3) is 0.105. The summed E-state index contributed by atoms with van der Waals surface area (Å²) in [5.74, 6) is -1.38. The van der Waals surface area contributed by atoms with Gasteiger partial charge in [-0.3, -0.25) is 14.4 Å². The van der Waals surface area contributed by atoms with Gasteiger partial charge in [-0.05, 0) is 35.9 Å². The van der Waals surface area contributed by atoms with E-state index in [9.17, 15) is 28.4 Å². The van der Waals surface area contributed by atoms with Crippen molar-refractivity contribution in [3.63, 3.8) is 0 Å². The zero-order valence-electron chi connectivity index (χ0n) is 14.7. The molecule has 1 N–H and O–H groups in total. The van der Waals surface area contributed by atoms with E-state index < -0.39 is 37.5 Å². The lowest BCUT2D eigenvalue weighted by molar-refractivity contribution is -0.387. The molecule has 1 atom stereocenters. The second-order valence-electron chi connectivity index (χ2n) is 6.07. The van der Waals surface area contributed by atoms with E-state index >= 15 is 0 Å². The van der Waals surface area contributed by atoms with Gasteiger partial charge in [0.15, 0.2) is 4.90 Å². The highest BCUT2D eigenvalue weighted by Crippen LogP contribution is 2.33. The zero-order chi connectivity index (χ0) is 20.5. The van der Waals surface area contributed by atoms with Gasteiger partial charge in [-0.15, -0.1) is 0 Å². The highest BCUT2D eigenvalue weighted by atomic mass is 32.2. The Kier molecular flexibility index (Phi) is 5.02. The Hall–Kier alpha value is -3.46. The Labute approximate surface area is 160 Å². The number of nitro benzene ring substituents is 1. The standard InChI is InChI=1S/C19H16N2O6S/c1-13(19(22)23)20(16-11-10-14-6-2-3-7-15(14)12-16)28(26,27)18-9-5-4-8-17(18)21(24)25/h2-13H,1H3,(H,22,23). The van der Waals surface area contributed by atoms with Crippen molar-refractivity contribution < 1.29 is 23.2 Å². The summed E-state index contributed by atoms with van der Waals surface area (Å²) < 4.78 is 27.3. The molecule has 28 heavy (non-hydrogen) atoms. The average Bonchev–Trinajstić information content (AvgIpc) is 2.67. The number of fused-ring (bicyclic) bond motifs is 1. The number of benzene rings is 3. The van der Waals surface area contributed by atoms with Gasteiger partial charge in [0.25, 0.3) is 15.7 Å². The van der Waals surface area contributed by atoms with Crippen LogP contribution >= 0.6 is 0 Å². The van der Waals surface area contributed by atoms with Crippen LogP contribution in [0.2, 0.25) is 0 Å². The summed E-state index contributed by atoms with van der Waals surface area (Å²) in [7, 11) is -4.53. The summed E-state index contributed by atoms with van der Waals surface area (Å²) >= 11 is 0. The van der Waals surface area contributed by atoms with Gasteiger partial charge in [0, 0.05) is 6.07 Å². The number of carbonyl (C=O) groups is 1. The molecule has 3 aromatic carbocycles. The summed E-state index contributed by atoms with van der Waals surface area (Å²) in [4.78, 5) is 21.6. The summed E-state index contributed by atoms with van der Waals surface area (Å²) in [6.07, 6.45) is 0. The van der Waals surface area contributed by atoms with E-state index in [4.69, 9.17) is 0 Å². The molecule has 8 nitrogen and oxygen atoms in total. The molecule has 0 heterocycles. The second-order valence-corrected chi connectivity index (χ2v) is 7.85. The normalized spacial score (nSPS) is 12.5. The van der Waals surface area contributed by atoms with Crippen molar-refractivity contribution in [3.05, 3.63) is 76.8 Å². The first-order valence-corrected chi connectivity index (χ1v) is 9.67. The molecule has 1 unspecified atom stereocenters. The molecule has 0 aromatic heterocycles. The summed E-state index contributed by atoms with van der Waals surface area (Å²) in [5.41, 5.74) is -0.516. The summed E-state index contributed by atoms with van der Waals surface area (Å²) in [5, 5.41) is 22.3. The predicted molar refractivity (Wildman–Crippen MR) is 104 cm³/mol. The van der Waals surface area contributed by atoms with Crippen LogP contribution in [0.4, 0.5) is 11.4 Å². The Morgan fingerprint density at radius 2 is 1.64 bits per heavy atom. The van der Waals surface area contributed by atoms with Gasteiger partial charge in [0.1, 0.15) is 6.04 Å². The smallest absolute Gasteiger partial charge is 0.327 e. The Morgan fingerprint density at radius 3 is 2.29 bits per heavy atom. The number of nitro groups is 1. The lowest BCUT2D eigenvalue weighted by atomic mass is 10.1. The molecule has 0 fully saturated rings. The van der Waals surface area contributed by atoms with Crippen LogP contribution in [0.15, 0.2) is 71.6 Å². The maximum atomic E-state index is 13.3. The van der Waals surface area contributed by atoms with Crippen molar-refractivity contribution in [2.24, 2.45) is 0 Å². The number of hydrogen-bond donors (Lipinski definition) is 1. The molecule has 0 saturated heterocycles. The van der Waals surface area contributed by atoms with E-state index in [0.717, 1.165) is 17.5 Å². The van der Waals surface area contributed by atoms with Crippen LogP contribution < -0.4 is 4.31 Å². The van der Waals surface area contributed by atoms with Crippen LogP contribution in [-0.4, -0.2) is 30.5 Å². The first-order valence-electron chi connectivity index (χ1n) is 8.23. The highest BCUT2D eigenvalue weighted by molar-refractivity contribution is 7.93. The Bertz CT molecular complexity index is 1180. The van der Waals surface area contributed by atoms with E-state index in [2.05, 4.69) is 0 Å². The van der Waals surface area contributed by atoms with Crippen molar-refractivity contribution in [1.82, 2.24) is 0 Å². The van der Waals surface area contributed by atoms with Gasteiger partial charge < -0.3 is 5.11 Å². The first-order chi connectivity index (χ1) is 13.2. The van der Waals surface area contributed by atoms with E-state index in [1.807, 2.05) is 12.1 Å². The second kappa shape index (κ2) is 7.28. The number of para-hydroxylation sites is 1. The van der Waals surface area contributed by atoms with Crippen molar-refractivity contribution in [2.75, 3.05) is 4.31 Å². The number of aliphatic carboxylic acids is 1. The molecule has 0 bridgehead atoms. The number of carboxylic acid groups (broad SMARTS) is 1. The van der Waals surface area contributed by atoms with Crippen molar-refractivity contribution >= 4 is 38.1 Å². The quantitative estimate of drug-likeness (QED) is 0.500. The molecule has 0 spiro atoms. The molecular weight excluding hydrogens is 384 g/mol. The third-order valence-electron chi connectivity index (χ3n) is 4.30. The molecule has 0 aliphatic carbocycles. The van der Waals surface area contributed by atoms with E-state index in [-0.39, 0.29) is 5.69 Å². The third-order valence-corrected chi connectivity index (χ3v) is 6.24. The number of anilines is 1. The van der Waals surface area contributed by atoms with Gasteiger partial charge in [-0.25, -0.2) is 13.2 Å². The number of sulfonamides is 1. The highest BCUT2D eigenvalue weighted by Gasteiger charge is 2.37. The van der Waals surface area contributed by atoms with Gasteiger partial charge in [-0.1, -0.05) is 42.5 Å². The van der Waals surface area contributed by atoms with Gasteiger partial charge in [0.05, 0.1) is 10.6 Å². The monoisotopic (exact) mass is 400 g/mol. The van der Waals surface area contributed by atoms with Gasteiger partial charge >= 0.3 is 5.97 Å². The van der Waals surface area contributed by atoms with Crippen molar-refractivity contribution in [3.8, 4) is 0 Å². The zero-order valence-corrected chi connectivity index (χ0v) is 15.5. The largest absolute Gasteiger partial charge is 0.480 e. The molecule has 9 heteroatoms. The number of hydrogen-bond acceptors (Lipinski definition) is 5. The lowest BCUT2D eigenvalue weighted by Crippen LogP contribution is -2.43. The molecule has 0 saturated carbocycles. The number of carboxylic acids is 1. The fourth-order valence-electron chi connectivity index (χ4n) is 2.92. The minimum atomic E-state index is -4.53. The van der Waals surface area contributed by atoms with E-state index in [1.54, 1.807) is 24.3 Å². The van der Waals surface area contributed by atoms with Crippen LogP contribution in [0.25, 0.3) is 10.8 Å². The van der Waals surface area contributed by atoms with Gasteiger partial charge in [-0.2, -0.15) is 0 Å². The minimum absolute atomic E-state index is 0.103. The minimum Gasteiger partial charge on any atom is -0.480 e. The molecule has 144 valence electrons. The van der Waals surface area contributed by atoms with Crippen LogP contribution in [-0.2, 0) is 14.8 Å². The average molecular weight is 400 g/mol. The Morgan fingerprint density at radius 1 is 1.04 bits per heavy atom. The number of rotatable bonds is 6. The van der Waals surface area contributed by atoms with Crippen molar-refractivity contribution in [2.45, 2.75) is 17.9 Å². The van der Waals surface area contributed by atoms with E-state index in [0.29, 0.717) is 9.69 Å². The molecule has 0 amide bonds.